The fourth-order valence-electron chi connectivity index (χ4n) is 3.70. The minimum absolute atomic E-state index is 0.291. The predicted molar refractivity (Wildman–Crippen MR) is 95.7 cm³/mol. The van der Waals surface area contributed by atoms with Gasteiger partial charge in [0, 0.05) is 26.2 Å². The van der Waals surface area contributed by atoms with Crippen LogP contribution in [0, 0.1) is 5.92 Å². The lowest BCUT2D eigenvalue weighted by molar-refractivity contribution is -0.133. The highest BCUT2D eigenvalue weighted by molar-refractivity contribution is 5.79. The number of methoxy groups -OCH3 is 1. The van der Waals surface area contributed by atoms with Crippen molar-refractivity contribution < 1.29 is 9.53 Å². The standard InChI is InChI=1S/C20H30N2O2/c1-24-16-18-9-5-6-12-21(13-18)15-20(23)22(19-10-11-19)14-17-7-3-2-4-8-17/h2-4,7-8,18-19H,5-6,9-16H2,1H3/t18-/m0/s1. The van der Waals surface area contributed by atoms with Gasteiger partial charge in [-0.25, -0.2) is 0 Å². The first-order chi connectivity index (χ1) is 11.8. The maximum atomic E-state index is 12.9. The van der Waals surface area contributed by atoms with Crippen LogP contribution < -0.4 is 0 Å². The molecule has 132 valence electrons. The highest BCUT2D eigenvalue weighted by Crippen LogP contribution is 2.29. The largest absolute Gasteiger partial charge is 0.384 e. The number of ether oxygens (including phenoxy) is 1. The van der Waals surface area contributed by atoms with Gasteiger partial charge in [0.2, 0.25) is 5.91 Å². The molecule has 4 heteroatoms. The quantitative estimate of drug-likeness (QED) is 0.771. The van der Waals surface area contributed by atoms with Crippen molar-refractivity contribution in [2.45, 2.75) is 44.7 Å². The van der Waals surface area contributed by atoms with E-state index in [-0.39, 0.29) is 0 Å². The molecule has 0 N–H and O–H groups in total. The molecule has 3 rings (SSSR count). The molecule has 0 radical (unpaired) electrons. The van der Waals surface area contributed by atoms with E-state index in [1.54, 1.807) is 7.11 Å². The first kappa shape index (κ1) is 17.4. The van der Waals surface area contributed by atoms with Crippen LogP contribution >= 0.6 is 0 Å². The lowest BCUT2D eigenvalue weighted by Crippen LogP contribution is -2.42. The molecule has 0 spiro atoms. The lowest BCUT2D eigenvalue weighted by atomic mass is 10.0. The summed E-state index contributed by atoms with van der Waals surface area (Å²) in [7, 11) is 1.77. The zero-order valence-corrected chi connectivity index (χ0v) is 14.8. The maximum absolute atomic E-state index is 12.9. The monoisotopic (exact) mass is 330 g/mol. The fourth-order valence-corrected chi connectivity index (χ4v) is 3.70. The van der Waals surface area contributed by atoms with Crippen LogP contribution in [0.1, 0.15) is 37.7 Å². The summed E-state index contributed by atoms with van der Waals surface area (Å²) in [5.74, 6) is 0.855. The normalized spacial score (nSPS) is 22.1. The van der Waals surface area contributed by atoms with E-state index < -0.39 is 0 Å². The molecular weight excluding hydrogens is 300 g/mol. The van der Waals surface area contributed by atoms with Gasteiger partial charge < -0.3 is 9.64 Å². The third-order valence-corrected chi connectivity index (χ3v) is 5.12. The van der Waals surface area contributed by atoms with Crippen LogP contribution in [0.5, 0.6) is 0 Å². The highest BCUT2D eigenvalue weighted by atomic mass is 16.5. The number of amides is 1. The summed E-state index contributed by atoms with van der Waals surface area (Å²) in [6, 6.07) is 10.8. The number of hydrogen-bond acceptors (Lipinski definition) is 3. The number of carbonyl (C=O) groups is 1. The first-order valence-corrected chi connectivity index (χ1v) is 9.31. The van der Waals surface area contributed by atoms with Gasteiger partial charge in [0.25, 0.3) is 0 Å². The molecule has 1 aromatic rings. The second kappa shape index (κ2) is 8.63. The summed E-state index contributed by atoms with van der Waals surface area (Å²) < 4.78 is 5.34. The zero-order valence-electron chi connectivity index (χ0n) is 14.8. The Morgan fingerprint density at radius 2 is 2.00 bits per heavy atom. The van der Waals surface area contributed by atoms with E-state index in [0.29, 0.717) is 24.4 Å². The number of benzene rings is 1. The minimum atomic E-state index is 0.291. The zero-order chi connectivity index (χ0) is 16.8. The van der Waals surface area contributed by atoms with Crippen molar-refractivity contribution in [3.05, 3.63) is 35.9 Å². The summed E-state index contributed by atoms with van der Waals surface area (Å²) in [6.45, 7) is 4.14. The number of rotatable bonds is 7. The SMILES string of the molecule is COC[C@H]1CCCCN(CC(=O)N(Cc2ccccc2)C2CC2)C1. The average Bonchev–Trinajstić information content (AvgIpc) is 3.42. The number of likely N-dealkylation sites (tertiary alicyclic amines) is 1. The molecule has 0 bridgehead atoms. The summed E-state index contributed by atoms with van der Waals surface area (Å²) in [4.78, 5) is 17.4. The molecule has 0 unspecified atom stereocenters. The third-order valence-electron chi connectivity index (χ3n) is 5.12. The van der Waals surface area contributed by atoms with Crippen molar-refractivity contribution in [3.8, 4) is 0 Å². The first-order valence-electron chi connectivity index (χ1n) is 9.31. The molecule has 2 fully saturated rings. The number of hydrogen-bond donors (Lipinski definition) is 0. The maximum Gasteiger partial charge on any atom is 0.237 e. The Morgan fingerprint density at radius 1 is 1.21 bits per heavy atom. The van der Waals surface area contributed by atoms with Gasteiger partial charge in [0.1, 0.15) is 0 Å². The Kier molecular flexibility index (Phi) is 6.27. The molecule has 1 amide bonds. The third kappa shape index (κ3) is 5.05. The van der Waals surface area contributed by atoms with Crippen molar-refractivity contribution in [1.82, 2.24) is 9.80 Å². The van der Waals surface area contributed by atoms with Gasteiger partial charge in [0.05, 0.1) is 13.2 Å². The molecule has 1 saturated heterocycles. The van der Waals surface area contributed by atoms with Gasteiger partial charge in [-0.3, -0.25) is 9.69 Å². The van der Waals surface area contributed by atoms with Crippen molar-refractivity contribution in [3.63, 3.8) is 0 Å². The van der Waals surface area contributed by atoms with E-state index >= 15 is 0 Å². The molecule has 1 saturated carbocycles. The molecule has 24 heavy (non-hydrogen) atoms. The number of nitrogens with zero attached hydrogens (tertiary/aromatic N) is 2. The molecule has 2 aliphatic rings. The van der Waals surface area contributed by atoms with Crippen LogP contribution in [0.3, 0.4) is 0 Å². The van der Waals surface area contributed by atoms with Crippen molar-refractivity contribution in [2.75, 3.05) is 33.4 Å². The van der Waals surface area contributed by atoms with Crippen LogP contribution in [0.2, 0.25) is 0 Å². The average molecular weight is 330 g/mol. The van der Waals surface area contributed by atoms with Crippen LogP contribution in [0.25, 0.3) is 0 Å². The highest BCUT2D eigenvalue weighted by Gasteiger charge is 2.33. The Hall–Kier alpha value is -1.39. The molecule has 1 aromatic carbocycles. The van der Waals surface area contributed by atoms with Gasteiger partial charge in [-0.1, -0.05) is 36.8 Å². The summed E-state index contributed by atoms with van der Waals surface area (Å²) in [5, 5.41) is 0. The molecule has 0 aromatic heterocycles. The summed E-state index contributed by atoms with van der Waals surface area (Å²) in [5.41, 5.74) is 1.23. The van der Waals surface area contributed by atoms with E-state index in [9.17, 15) is 4.79 Å². The second-order valence-electron chi connectivity index (χ2n) is 7.29. The van der Waals surface area contributed by atoms with Gasteiger partial charge in [-0.05, 0) is 43.7 Å². The van der Waals surface area contributed by atoms with Crippen molar-refractivity contribution in [1.29, 1.82) is 0 Å². The Bertz CT molecular complexity index is 516. The second-order valence-corrected chi connectivity index (χ2v) is 7.29. The van der Waals surface area contributed by atoms with E-state index in [0.717, 1.165) is 39.1 Å². The smallest absolute Gasteiger partial charge is 0.237 e. The van der Waals surface area contributed by atoms with Gasteiger partial charge in [-0.2, -0.15) is 0 Å². The topological polar surface area (TPSA) is 32.8 Å². The molecule has 1 heterocycles. The Balaban J connectivity index is 1.58. The van der Waals surface area contributed by atoms with Gasteiger partial charge in [-0.15, -0.1) is 0 Å². The molecule has 4 nitrogen and oxygen atoms in total. The Morgan fingerprint density at radius 3 is 2.71 bits per heavy atom. The van der Waals surface area contributed by atoms with E-state index in [1.807, 2.05) is 6.07 Å². The fraction of sp³-hybridized carbons (Fsp3) is 0.650. The summed E-state index contributed by atoms with van der Waals surface area (Å²) >= 11 is 0. The van der Waals surface area contributed by atoms with Crippen molar-refractivity contribution >= 4 is 5.91 Å². The Labute approximate surface area is 145 Å². The number of carbonyl (C=O) groups excluding carboxylic acids is 1. The molecular formula is C20H30N2O2. The van der Waals surface area contributed by atoms with E-state index in [2.05, 4.69) is 34.1 Å². The van der Waals surface area contributed by atoms with E-state index in [4.69, 9.17) is 4.74 Å². The van der Waals surface area contributed by atoms with Gasteiger partial charge >= 0.3 is 0 Å². The minimum Gasteiger partial charge on any atom is -0.384 e. The van der Waals surface area contributed by atoms with Crippen molar-refractivity contribution in [2.24, 2.45) is 5.92 Å². The van der Waals surface area contributed by atoms with Gasteiger partial charge in [0.15, 0.2) is 0 Å². The summed E-state index contributed by atoms with van der Waals surface area (Å²) in [6.07, 6.45) is 5.97. The van der Waals surface area contributed by atoms with Crippen LogP contribution in [-0.2, 0) is 16.1 Å². The van der Waals surface area contributed by atoms with E-state index in [1.165, 1.54) is 24.8 Å². The molecule has 1 aliphatic carbocycles. The lowest BCUT2D eigenvalue weighted by Gasteiger charge is -2.28. The molecule has 1 aliphatic heterocycles. The predicted octanol–water partition coefficient (Wildman–Crippen LogP) is 2.93. The van der Waals surface area contributed by atoms with Crippen LogP contribution in [0.4, 0.5) is 0 Å². The van der Waals surface area contributed by atoms with Crippen LogP contribution in [-0.4, -0.2) is 55.1 Å². The van der Waals surface area contributed by atoms with Crippen LogP contribution in [0.15, 0.2) is 30.3 Å². The molecule has 1 atom stereocenters.